The number of thioether (sulfide) groups is 1. The zero-order valence-electron chi connectivity index (χ0n) is 15.8. The summed E-state index contributed by atoms with van der Waals surface area (Å²) in [7, 11) is 0. The maximum atomic E-state index is 12.2. The van der Waals surface area contributed by atoms with Gasteiger partial charge in [-0.3, -0.25) is 5.32 Å². The minimum absolute atomic E-state index is 0.284. The average Bonchev–Trinajstić information content (AvgIpc) is 3.14. The Morgan fingerprint density at radius 2 is 1.96 bits per heavy atom. The van der Waals surface area contributed by atoms with Gasteiger partial charge in [0, 0.05) is 42.9 Å². The molecule has 2 heterocycles. The van der Waals surface area contributed by atoms with E-state index in [4.69, 9.17) is 9.68 Å². The molecule has 0 radical (unpaired) electrons. The van der Waals surface area contributed by atoms with Crippen molar-refractivity contribution >= 4 is 29.3 Å². The smallest absolute Gasteiger partial charge is 0.388 e. The number of hydrogen-bond acceptors (Lipinski definition) is 6. The lowest BCUT2D eigenvalue weighted by molar-refractivity contribution is -0.154. The standard InChI is InChI=1S/C21H23N3O3S/c1-28-18-9-5-8-17(14-18)22-20(25)26-24-12-10-21(11-13-24)15-19(23-27-21)16-6-3-2-4-7-16/h2-9,14H,10-13,15H2,1H3,(H,22,25). The summed E-state index contributed by atoms with van der Waals surface area (Å²) in [5.41, 5.74) is 2.53. The van der Waals surface area contributed by atoms with Gasteiger partial charge in [-0.1, -0.05) is 41.6 Å². The third-order valence-corrected chi connectivity index (χ3v) is 5.83. The average molecular weight is 398 g/mol. The van der Waals surface area contributed by atoms with Gasteiger partial charge in [0.25, 0.3) is 0 Å². The predicted molar refractivity (Wildman–Crippen MR) is 111 cm³/mol. The van der Waals surface area contributed by atoms with Gasteiger partial charge in [0.2, 0.25) is 0 Å². The van der Waals surface area contributed by atoms with Gasteiger partial charge in [0.1, 0.15) is 5.60 Å². The van der Waals surface area contributed by atoms with Crippen molar-refractivity contribution in [2.75, 3.05) is 24.7 Å². The number of hydroxylamine groups is 2. The molecule has 1 fully saturated rings. The van der Waals surface area contributed by atoms with Gasteiger partial charge in [-0.05, 0) is 30.0 Å². The van der Waals surface area contributed by atoms with Crippen molar-refractivity contribution in [1.82, 2.24) is 5.06 Å². The van der Waals surface area contributed by atoms with E-state index in [0.29, 0.717) is 13.1 Å². The zero-order chi connectivity index (χ0) is 19.4. The van der Waals surface area contributed by atoms with Crippen LogP contribution in [0.3, 0.4) is 0 Å². The molecule has 0 bridgehead atoms. The van der Waals surface area contributed by atoms with Crippen LogP contribution in [0.15, 0.2) is 64.6 Å². The number of oxime groups is 1. The molecule has 2 aliphatic rings. The normalized spacial score (nSPS) is 18.4. The van der Waals surface area contributed by atoms with Crippen molar-refractivity contribution in [3.8, 4) is 0 Å². The summed E-state index contributed by atoms with van der Waals surface area (Å²) in [6, 6.07) is 17.8. The minimum Gasteiger partial charge on any atom is -0.388 e. The molecule has 6 nitrogen and oxygen atoms in total. The fraction of sp³-hybridized carbons (Fsp3) is 0.333. The zero-order valence-corrected chi connectivity index (χ0v) is 16.6. The summed E-state index contributed by atoms with van der Waals surface area (Å²) in [5, 5.41) is 8.80. The quantitative estimate of drug-likeness (QED) is 0.768. The second kappa shape index (κ2) is 8.24. The molecule has 1 N–H and O–H groups in total. The number of carbonyl (C=O) groups is 1. The van der Waals surface area contributed by atoms with Gasteiger partial charge in [-0.2, -0.15) is 0 Å². The van der Waals surface area contributed by atoms with Crippen LogP contribution in [0.5, 0.6) is 0 Å². The van der Waals surface area contributed by atoms with E-state index in [9.17, 15) is 4.79 Å². The van der Waals surface area contributed by atoms with E-state index in [1.165, 1.54) is 0 Å². The highest BCUT2D eigenvalue weighted by atomic mass is 32.2. The van der Waals surface area contributed by atoms with Crippen LogP contribution in [0.4, 0.5) is 10.5 Å². The van der Waals surface area contributed by atoms with Crippen LogP contribution in [0.2, 0.25) is 0 Å². The summed E-state index contributed by atoms with van der Waals surface area (Å²) >= 11 is 1.63. The molecule has 0 unspecified atom stereocenters. The number of amides is 1. The van der Waals surface area contributed by atoms with Crippen molar-refractivity contribution in [3.63, 3.8) is 0 Å². The number of anilines is 1. The Morgan fingerprint density at radius 3 is 2.71 bits per heavy atom. The van der Waals surface area contributed by atoms with Crippen LogP contribution in [0.1, 0.15) is 24.8 Å². The van der Waals surface area contributed by atoms with E-state index < -0.39 is 6.09 Å². The predicted octanol–water partition coefficient (Wildman–Crippen LogP) is 4.53. The van der Waals surface area contributed by atoms with E-state index in [1.807, 2.05) is 48.7 Å². The van der Waals surface area contributed by atoms with Crippen molar-refractivity contribution in [3.05, 3.63) is 60.2 Å². The Hall–Kier alpha value is -2.51. The lowest BCUT2D eigenvalue weighted by atomic mass is 9.86. The Balaban J connectivity index is 1.27. The Bertz CT molecular complexity index is 864. The second-order valence-corrected chi connectivity index (χ2v) is 7.90. The first-order valence-electron chi connectivity index (χ1n) is 9.34. The molecule has 146 valence electrons. The molecule has 0 atom stereocenters. The van der Waals surface area contributed by atoms with Crippen molar-refractivity contribution < 1.29 is 14.5 Å². The first-order chi connectivity index (χ1) is 13.7. The van der Waals surface area contributed by atoms with Crippen molar-refractivity contribution in [2.24, 2.45) is 5.16 Å². The third kappa shape index (κ3) is 4.31. The van der Waals surface area contributed by atoms with E-state index in [0.717, 1.165) is 41.1 Å². The molecular formula is C21H23N3O3S. The van der Waals surface area contributed by atoms with Gasteiger partial charge in [-0.15, -0.1) is 16.8 Å². The highest BCUT2D eigenvalue weighted by Crippen LogP contribution is 2.36. The monoisotopic (exact) mass is 397 g/mol. The van der Waals surface area contributed by atoms with Crippen LogP contribution in [-0.2, 0) is 9.68 Å². The number of carbonyl (C=O) groups excluding carboxylic acids is 1. The fourth-order valence-electron chi connectivity index (χ4n) is 3.52. The van der Waals surface area contributed by atoms with Crippen LogP contribution in [-0.4, -0.2) is 41.8 Å². The molecule has 1 saturated heterocycles. The first-order valence-corrected chi connectivity index (χ1v) is 10.6. The summed E-state index contributed by atoms with van der Waals surface area (Å²) in [5.74, 6) is 0. The molecule has 7 heteroatoms. The van der Waals surface area contributed by atoms with Gasteiger partial charge in [0.05, 0.1) is 5.71 Å². The number of hydrogen-bond donors (Lipinski definition) is 1. The summed E-state index contributed by atoms with van der Waals surface area (Å²) in [4.78, 5) is 24.6. The van der Waals surface area contributed by atoms with Crippen molar-refractivity contribution in [2.45, 2.75) is 29.8 Å². The van der Waals surface area contributed by atoms with Crippen LogP contribution in [0.25, 0.3) is 0 Å². The Kier molecular flexibility index (Phi) is 5.54. The molecule has 1 spiro atoms. The molecule has 0 aliphatic carbocycles. The van der Waals surface area contributed by atoms with Crippen molar-refractivity contribution in [1.29, 1.82) is 0 Å². The molecule has 1 amide bonds. The minimum atomic E-state index is -0.470. The van der Waals surface area contributed by atoms with Gasteiger partial charge in [0.15, 0.2) is 0 Å². The van der Waals surface area contributed by atoms with E-state index in [-0.39, 0.29) is 5.60 Å². The third-order valence-electron chi connectivity index (χ3n) is 5.11. The summed E-state index contributed by atoms with van der Waals surface area (Å²) in [6.07, 6.45) is 3.85. The fourth-order valence-corrected chi connectivity index (χ4v) is 3.98. The summed E-state index contributed by atoms with van der Waals surface area (Å²) in [6.45, 7) is 1.24. The highest BCUT2D eigenvalue weighted by molar-refractivity contribution is 7.98. The summed E-state index contributed by atoms with van der Waals surface area (Å²) < 4.78 is 0. The number of nitrogens with zero attached hydrogens (tertiary/aromatic N) is 2. The number of benzene rings is 2. The van der Waals surface area contributed by atoms with E-state index in [2.05, 4.69) is 22.6 Å². The maximum absolute atomic E-state index is 12.2. The lowest BCUT2D eigenvalue weighted by Gasteiger charge is -2.35. The van der Waals surface area contributed by atoms with E-state index in [1.54, 1.807) is 16.8 Å². The van der Waals surface area contributed by atoms with Crippen LogP contribution < -0.4 is 5.32 Å². The molecule has 2 aliphatic heterocycles. The second-order valence-electron chi connectivity index (χ2n) is 7.02. The van der Waals surface area contributed by atoms with Gasteiger partial charge >= 0.3 is 6.09 Å². The molecular weight excluding hydrogens is 374 g/mol. The van der Waals surface area contributed by atoms with E-state index >= 15 is 0 Å². The number of nitrogens with one attached hydrogen (secondary N) is 1. The highest BCUT2D eigenvalue weighted by Gasteiger charge is 2.43. The Morgan fingerprint density at radius 1 is 1.18 bits per heavy atom. The first kappa shape index (κ1) is 18.8. The molecule has 28 heavy (non-hydrogen) atoms. The van der Waals surface area contributed by atoms with Crippen LogP contribution >= 0.6 is 11.8 Å². The molecule has 2 aromatic carbocycles. The maximum Gasteiger partial charge on any atom is 0.430 e. The number of rotatable bonds is 4. The van der Waals surface area contributed by atoms with Gasteiger partial charge in [-0.25, -0.2) is 4.79 Å². The molecule has 0 saturated carbocycles. The molecule has 4 rings (SSSR count). The Labute approximate surface area is 168 Å². The largest absolute Gasteiger partial charge is 0.430 e. The SMILES string of the molecule is CSc1cccc(NC(=O)ON2CCC3(CC2)CC(c2ccccc2)=NO3)c1. The topological polar surface area (TPSA) is 63.2 Å². The van der Waals surface area contributed by atoms with Crippen LogP contribution in [0, 0.1) is 0 Å². The molecule has 2 aromatic rings. The number of piperidine rings is 1. The lowest BCUT2D eigenvalue weighted by Crippen LogP contribution is -2.45. The van der Waals surface area contributed by atoms with Gasteiger partial charge < -0.3 is 9.68 Å². The molecule has 0 aromatic heterocycles.